The van der Waals surface area contributed by atoms with Gasteiger partial charge in [-0.1, -0.05) is 19.8 Å². The van der Waals surface area contributed by atoms with E-state index in [4.69, 9.17) is 4.74 Å². The largest absolute Gasteiger partial charge is 0.376 e. The van der Waals surface area contributed by atoms with Crippen molar-refractivity contribution in [3.63, 3.8) is 0 Å². The van der Waals surface area contributed by atoms with Crippen molar-refractivity contribution in [1.82, 2.24) is 9.62 Å². The first-order chi connectivity index (χ1) is 10.9. The predicted octanol–water partition coefficient (Wildman–Crippen LogP) is 1.37. The van der Waals surface area contributed by atoms with Gasteiger partial charge in [0, 0.05) is 25.6 Å². The maximum absolute atomic E-state index is 12.1. The molecule has 6 nitrogen and oxygen atoms in total. The number of carbonyl (C=O) groups is 1. The molecule has 2 aliphatic rings. The molecule has 0 aromatic carbocycles. The second kappa shape index (κ2) is 8.44. The van der Waals surface area contributed by atoms with E-state index in [1.165, 1.54) is 29.8 Å². The Morgan fingerprint density at radius 3 is 2.43 bits per heavy atom. The van der Waals surface area contributed by atoms with E-state index in [-0.39, 0.29) is 11.8 Å². The summed E-state index contributed by atoms with van der Waals surface area (Å²) in [6.07, 6.45) is 7.63. The summed E-state index contributed by atoms with van der Waals surface area (Å²) in [5, 5.41) is 2.93. The van der Waals surface area contributed by atoms with Crippen molar-refractivity contribution in [2.45, 2.75) is 51.6 Å². The molecule has 1 aliphatic carbocycles. The normalized spacial score (nSPS) is 27.7. The Bertz CT molecular complexity index is 486. The van der Waals surface area contributed by atoms with Crippen molar-refractivity contribution < 1.29 is 17.9 Å². The highest BCUT2D eigenvalue weighted by molar-refractivity contribution is 7.88. The quantitative estimate of drug-likeness (QED) is 0.737. The molecule has 0 radical (unpaired) electrons. The minimum Gasteiger partial charge on any atom is -0.376 e. The first-order valence-corrected chi connectivity index (χ1v) is 10.6. The van der Waals surface area contributed by atoms with Gasteiger partial charge >= 0.3 is 0 Å². The topological polar surface area (TPSA) is 75.7 Å². The number of nitrogens with zero attached hydrogens (tertiary/aromatic N) is 1. The van der Waals surface area contributed by atoms with Gasteiger partial charge in [0.1, 0.15) is 0 Å². The third-order valence-electron chi connectivity index (χ3n) is 5.06. The standard InChI is InChI=1S/C16H30N2O4S/c1-13-5-3-4-6-15(13)22-12-9-17-16(19)14-7-10-18(11-8-14)23(2,20)21/h13-15H,3-12H2,1-2H3,(H,17,19)/t13-,15-/m1/s1. The fourth-order valence-corrected chi connectivity index (χ4v) is 4.38. The summed E-state index contributed by atoms with van der Waals surface area (Å²) in [5.41, 5.74) is 0. The smallest absolute Gasteiger partial charge is 0.223 e. The van der Waals surface area contributed by atoms with Crippen molar-refractivity contribution >= 4 is 15.9 Å². The molecule has 0 aromatic rings. The number of hydrogen-bond donors (Lipinski definition) is 1. The average Bonchev–Trinajstić information content (AvgIpc) is 2.52. The maximum atomic E-state index is 12.1. The fraction of sp³-hybridized carbons (Fsp3) is 0.938. The van der Waals surface area contributed by atoms with Crippen LogP contribution in [0.3, 0.4) is 0 Å². The Balaban J connectivity index is 1.62. The third kappa shape index (κ3) is 5.72. The Morgan fingerprint density at radius 1 is 1.17 bits per heavy atom. The first kappa shape index (κ1) is 18.7. The van der Waals surface area contributed by atoms with Crippen LogP contribution in [0, 0.1) is 11.8 Å². The van der Waals surface area contributed by atoms with Crippen LogP contribution in [-0.4, -0.2) is 57.2 Å². The zero-order chi connectivity index (χ0) is 16.9. The van der Waals surface area contributed by atoms with Gasteiger partial charge in [0.05, 0.1) is 19.0 Å². The lowest BCUT2D eigenvalue weighted by molar-refractivity contribution is -0.126. The summed E-state index contributed by atoms with van der Waals surface area (Å²) in [7, 11) is -3.13. The summed E-state index contributed by atoms with van der Waals surface area (Å²) in [4.78, 5) is 12.1. The van der Waals surface area contributed by atoms with Crippen molar-refractivity contribution in [2.75, 3.05) is 32.5 Å². The highest BCUT2D eigenvalue weighted by Crippen LogP contribution is 2.26. The van der Waals surface area contributed by atoms with Gasteiger partial charge in [0.25, 0.3) is 0 Å². The van der Waals surface area contributed by atoms with E-state index in [2.05, 4.69) is 12.2 Å². The van der Waals surface area contributed by atoms with Crippen LogP contribution in [0.5, 0.6) is 0 Å². The predicted molar refractivity (Wildman–Crippen MR) is 89.5 cm³/mol. The molecule has 2 rings (SSSR count). The molecule has 7 heteroatoms. The average molecular weight is 346 g/mol. The Morgan fingerprint density at radius 2 is 1.83 bits per heavy atom. The lowest BCUT2D eigenvalue weighted by Gasteiger charge is -2.30. The van der Waals surface area contributed by atoms with Crippen LogP contribution in [0.2, 0.25) is 0 Å². The second-order valence-corrected chi connectivity index (χ2v) is 8.88. The molecule has 0 bridgehead atoms. The van der Waals surface area contributed by atoms with Gasteiger partial charge in [-0.25, -0.2) is 12.7 Å². The molecule has 2 atom stereocenters. The van der Waals surface area contributed by atoms with Gasteiger partial charge < -0.3 is 10.1 Å². The van der Waals surface area contributed by atoms with Gasteiger partial charge in [-0.05, 0) is 31.6 Å². The highest BCUT2D eigenvalue weighted by Gasteiger charge is 2.28. The number of carbonyl (C=O) groups excluding carboxylic acids is 1. The van der Waals surface area contributed by atoms with E-state index >= 15 is 0 Å². The molecular weight excluding hydrogens is 316 g/mol. The molecule has 1 N–H and O–H groups in total. The molecule has 1 amide bonds. The SMILES string of the molecule is C[C@@H]1CCCC[C@H]1OCCNC(=O)C1CCN(S(C)(=O)=O)CC1. The lowest BCUT2D eigenvalue weighted by Crippen LogP contribution is -2.43. The summed E-state index contributed by atoms with van der Waals surface area (Å²) in [6.45, 7) is 4.20. The summed E-state index contributed by atoms with van der Waals surface area (Å²) in [6, 6.07) is 0. The van der Waals surface area contributed by atoms with E-state index in [9.17, 15) is 13.2 Å². The Kier molecular flexibility index (Phi) is 6.85. The van der Waals surface area contributed by atoms with Gasteiger partial charge in [-0.3, -0.25) is 4.79 Å². The molecule has 1 saturated heterocycles. The van der Waals surface area contributed by atoms with Crippen molar-refractivity contribution in [3.8, 4) is 0 Å². The van der Waals surface area contributed by atoms with Crippen LogP contribution < -0.4 is 5.32 Å². The van der Waals surface area contributed by atoms with E-state index in [0.717, 1.165) is 6.42 Å². The van der Waals surface area contributed by atoms with Crippen LogP contribution in [0.1, 0.15) is 45.4 Å². The van der Waals surface area contributed by atoms with Crippen molar-refractivity contribution in [1.29, 1.82) is 0 Å². The number of nitrogens with one attached hydrogen (secondary N) is 1. The monoisotopic (exact) mass is 346 g/mol. The molecule has 0 spiro atoms. The van der Waals surface area contributed by atoms with E-state index in [1.807, 2.05) is 0 Å². The zero-order valence-electron chi connectivity index (χ0n) is 14.3. The molecule has 23 heavy (non-hydrogen) atoms. The van der Waals surface area contributed by atoms with Crippen LogP contribution in [0.25, 0.3) is 0 Å². The Labute approximate surface area is 140 Å². The fourth-order valence-electron chi connectivity index (χ4n) is 3.51. The number of piperidine rings is 1. The molecular formula is C16H30N2O4S. The van der Waals surface area contributed by atoms with Gasteiger partial charge in [-0.2, -0.15) is 0 Å². The molecule has 1 saturated carbocycles. The lowest BCUT2D eigenvalue weighted by atomic mass is 9.88. The van der Waals surface area contributed by atoms with Crippen LogP contribution in [0.4, 0.5) is 0 Å². The maximum Gasteiger partial charge on any atom is 0.223 e. The number of amides is 1. The number of rotatable bonds is 6. The number of sulfonamides is 1. The van der Waals surface area contributed by atoms with Crippen molar-refractivity contribution in [3.05, 3.63) is 0 Å². The minimum atomic E-state index is -3.13. The number of ether oxygens (including phenoxy) is 1. The third-order valence-corrected chi connectivity index (χ3v) is 6.36. The molecule has 0 unspecified atom stereocenters. The van der Waals surface area contributed by atoms with Crippen LogP contribution >= 0.6 is 0 Å². The molecule has 134 valence electrons. The van der Waals surface area contributed by atoms with E-state index < -0.39 is 10.0 Å². The molecule has 1 heterocycles. The molecule has 2 fully saturated rings. The minimum absolute atomic E-state index is 0.0263. The van der Waals surface area contributed by atoms with Gasteiger partial charge in [-0.15, -0.1) is 0 Å². The number of hydrogen-bond acceptors (Lipinski definition) is 4. The van der Waals surface area contributed by atoms with Gasteiger partial charge in [0.2, 0.25) is 15.9 Å². The Hall–Kier alpha value is -0.660. The summed E-state index contributed by atoms with van der Waals surface area (Å²) < 4.78 is 30.3. The molecule has 0 aromatic heterocycles. The summed E-state index contributed by atoms with van der Waals surface area (Å²) >= 11 is 0. The van der Waals surface area contributed by atoms with Crippen LogP contribution in [0.15, 0.2) is 0 Å². The van der Waals surface area contributed by atoms with E-state index in [1.54, 1.807) is 0 Å². The first-order valence-electron chi connectivity index (χ1n) is 8.72. The second-order valence-electron chi connectivity index (χ2n) is 6.90. The van der Waals surface area contributed by atoms with Gasteiger partial charge in [0.15, 0.2) is 0 Å². The van der Waals surface area contributed by atoms with Crippen LogP contribution in [-0.2, 0) is 19.6 Å². The summed E-state index contributed by atoms with van der Waals surface area (Å²) in [5.74, 6) is 0.555. The molecule has 1 aliphatic heterocycles. The highest BCUT2D eigenvalue weighted by atomic mass is 32.2. The zero-order valence-corrected chi connectivity index (χ0v) is 15.1. The van der Waals surface area contributed by atoms with E-state index in [0.29, 0.717) is 51.1 Å². The van der Waals surface area contributed by atoms with Crippen molar-refractivity contribution in [2.24, 2.45) is 11.8 Å².